The largest absolute Gasteiger partial charge is 0.465 e. The Morgan fingerprint density at radius 3 is 2.93 bits per heavy atom. The van der Waals surface area contributed by atoms with Crippen LogP contribution < -0.4 is 5.32 Å². The van der Waals surface area contributed by atoms with E-state index in [9.17, 15) is 4.79 Å². The fourth-order valence-electron chi connectivity index (χ4n) is 1.16. The highest BCUT2D eigenvalue weighted by Crippen LogP contribution is 2.31. The van der Waals surface area contributed by atoms with Crippen LogP contribution in [0.4, 0.5) is 0 Å². The number of furan rings is 1. The molecule has 1 fully saturated rings. The first-order valence-corrected chi connectivity index (χ1v) is 5.19. The molecule has 5 heteroatoms. The second-order valence-electron chi connectivity index (χ2n) is 2.78. The lowest BCUT2D eigenvalue weighted by Gasteiger charge is -1.97. The van der Waals surface area contributed by atoms with E-state index in [1.807, 2.05) is 13.0 Å². The standard InChI is InChI=1S/C9H7NO2S2/c1-5(6-3-2-4-12-6)7-8(11)10-9(13)14-7/h2-4H,1H3,(H,10,11,13). The zero-order valence-corrected chi connectivity index (χ0v) is 9.00. The van der Waals surface area contributed by atoms with Gasteiger partial charge in [0.05, 0.1) is 11.2 Å². The summed E-state index contributed by atoms with van der Waals surface area (Å²) in [4.78, 5) is 12.0. The molecular weight excluding hydrogens is 218 g/mol. The number of amides is 1. The van der Waals surface area contributed by atoms with Gasteiger partial charge in [-0.1, -0.05) is 24.0 Å². The van der Waals surface area contributed by atoms with Crippen LogP contribution in [-0.2, 0) is 4.79 Å². The minimum Gasteiger partial charge on any atom is -0.465 e. The lowest BCUT2D eigenvalue weighted by Crippen LogP contribution is -2.18. The van der Waals surface area contributed by atoms with Gasteiger partial charge in [0, 0.05) is 5.57 Å². The van der Waals surface area contributed by atoms with Gasteiger partial charge in [-0.05, 0) is 19.1 Å². The average molecular weight is 225 g/mol. The van der Waals surface area contributed by atoms with Gasteiger partial charge in [0.15, 0.2) is 0 Å². The Bertz CT molecular complexity index is 420. The SMILES string of the molecule is CC(=C1SC(=S)NC1=O)c1ccco1. The first-order valence-electron chi connectivity index (χ1n) is 3.96. The monoisotopic (exact) mass is 225 g/mol. The third-order valence-electron chi connectivity index (χ3n) is 1.85. The van der Waals surface area contributed by atoms with Crippen molar-refractivity contribution in [2.24, 2.45) is 0 Å². The van der Waals surface area contributed by atoms with Crippen molar-refractivity contribution in [3.05, 3.63) is 29.1 Å². The van der Waals surface area contributed by atoms with Crippen molar-refractivity contribution < 1.29 is 9.21 Å². The average Bonchev–Trinajstić information content (AvgIpc) is 2.73. The van der Waals surface area contributed by atoms with Crippen molar-refractivity contribution in [3.8, 4) is 0 Å². The molecule has 1 saturated heterocycles. The summed E-state index contributed by atoms with van der Waals surface area (Å²) in [6.45, 7) is 1.84. The summed E-state index contributed by atoms with van der Waals surface area (Å²) in [6.07, 6.45) is 1.58. The molecule has 1 aliphatic rings. The summed E-state index contributed by atoms with van der Waals surface area (Å²) in [5.74, 6) is 0.557. The Morgan fingerprint density at radius 2 is 2.43 bits per heavy atom. The number of nitrogens with one attached hydrogen (secondary N) is 1. The van der Waals surface area contributed by atoms with Gasteiger partial charge in [-0.15, -0.1) is 0 Å². The molecule has 1 aromatic rings. The number of allylic oxidation sites excluding steroid dienone is 1. The summed E-state index contributed by atoms with van der Waals surface area (Å²) in [6, 6.07) is 3.60. The van der Waals surface area contributed by atoms with E-state index in [2.05, 4.69) is 5.32 Å². The van der Waals surface area contributed by atoms with E-state index in [0.29, 0.717) is 15.0 Å². The number of carbonyl (C=O) groups is 1. The van der Waals surface area contributed by atoms with E-state index in [1.54, 1.807) is 12.3 Å². The Kier molecular flexibility index (Phi) is 2.43. The number of hydrogen-bond acceptors (Lipinski definition) is 4. The number of rotatable bonds is 1. The van der Waals surface area contributed by atoms with Crippen LogP contribution >= 0.6 is 24.0 Å². The quantitative estimate of drug-likeness (QED) is 0.587. The predicted molar refractivity (Wildman–Crippen MR) is 59.6 cm³/mol. The van der Waals surface area contributed by atoms with Gasteiger partial charge in [0.2, 0.25) is 0 Å². The van der Waals surface area contributed by atoms with Crippen molar-refractivity contribution in [1.29, 1.82) is 0 Å². The van der Waals surface area contributed by atoms with Crippen molar-refractivity contribution >= 4 is 39.8 Å². The molecule has 0 radical (unpaired) electrons. The van der Waals surface area contributed by atoms with Gasteiger partial charge in [-0.2, -0.15) is 0 Å². The summed E-state index contributed by atoms with van der Waals surface area (Å²) < 4.78 is 5.69. The first-order chi connectivity index (χ1) is 6.68. The van der Waals surface area contributed by atoms with E-state index >= 15 is 0 Å². The Balaban J connectivity index is 2.41. The molecule has 2 heterocycles. The van der Waals surface area contributed by atoms with Crippen molar-refractivity contribution in [2.75, 3.05) is 0 Å². The Hall–Kier alpha value is -1.07. The lowest BCUT2D eigenvalue weighted by molar-refractivity contribution is -0.115. The van der Waals surface area contributed by atoms with Gasteiger partial charge in [-0.25, -0.2) is 0 Å². The molecular formula is C9H7NO2S2. The minimum atomic E-state index is -0.145. The van der Waals surface area contributed by atoms with Crippen LogP contribution in [0.2, 0.25) is 0 Å². The van der Waals surface area contributed by atoms with Gasteiger partial charge < -0.3 is 9.73 Å². The molecule has 0 aromatic carbocycles. The van der Waals surface area contributed by atoms with E-state index < -0.39 is 0 Å². The molecule has 3 nitrogen and oxygen atoms in total. The maximum absolute atomic E-state index is 11.4. The molecule has 1 aliphatic heterocycles. The molecule has 72 valence electrons. The molecule has 14 heavy (non-hydrogen) atoms. The van der Waals surface area contributed by atoms with Gasteiger partial charge in [0.1, 0.15) is 10.1 Å². The Labute approximate surface area is 90.5 Å². The van der Waals surface area contributed by atoms with Crippen molar-refractivity contribution in [1.82, 2.24) is 5.32 Å². The van der Waals surface area contributed by atoms with E-state index in [0.717, 1.165) is 5.57 Å². The van der Waals surface area contributed by atoms with E-state index in [4.69, 9.17) is 16.6 Å². The normalized spacial score (nSPS) is 19.8. The summed E-state index contributed by atoms with van der Waals surface area (Å²) >= 11 is 6.16. The van der Waals surface area contributed by atoms with E-state index in [1.165, 1.54) is 11.8 Å². The molecule has 1 aromatic heterocycles. The van der Waals surface area contributed by atoms with Gasteiger partial charge in [0.25, 0.3) is 5.91 Å². The van der Waals surface area contributed by atoms with Crippen molar-refractivity contribution in [2.45, 2.75) is 6.92 Å². The lowest BCUT2D eigenvalue weighted by atomic mass is 10.2. The second-order valence-corrected chi connectivity index (χ2v) is 4.46. The molecule has 0 atom stereocenters. The topological polar surface area (TPSA) is 42.2 Å². The highest BCUT2D eigenvalue weighted by molar-refractivity contribution is 8.26. The number of hydrogen-bond donors (Lipinski definition) is 1. The highest BCUT2D eigenvalue weighted by Gasteiger charge is 2.25. The van der Waals surface area contributed by atoms with Gasteiger partial charge >= 0.3 is 0 Å². The molecule has 1 N–H and O–H groups in total. The number of carbonyl (C=O) groups excluding carboxylic acids is 1. The van der Waals surface area contributed by atoms with Crippen molar-refractivity contribution in [3.63, 3.8) is 0 Å². The summed E-state index contributed by atoms with van der Waals surface area (Å²) in [5, 5.41) is 2.57. The molecule has 1 amide bonds. The molecule has 0 unspecified atom stereocenters. The van der Waals surface area contributed by atoms with E-state index in [-0.39, 0.29) is 5.91 Å². The molecule has 2 rings (SSSR count). The van der Waals surface area contributed by atoms with Gasteiger partial charge in [-0.3, -0.25) is 4.79 Å². The van der Waals surface area contributed by atoms with Crippen LogP contribution in [0.3, 0.4) is 0 Å². The summed E-state index contributed by atoms with van der Waals surface area (Å²) in [7, 11) is 0. The fraction of sp³-hybridized carbons (Fsp3) is 0.111. The Morgan fingerprint density at radius 1 is 1.64 bits per heavy atom. The second kappa shape index (κ2) is 3.59. The maximum Gasteiger partial charge on any atom is 0.263 e. The van der Waals surface area contributed by atoms with Crippen LogP contribution in [0, 0.1) is 0 Å². The van der Waals surface area contributed by atoms with Crippen LogP contribution in [0.5, 0.6) is 0 Å². The van der Waals surface area contributed by atoms with Crippen LogP contribution in [0.25, 0.3) is 5.57 Å². The number of thioether (sulfide) groups is 1. The number of thiocarbonyl (C=S) groups is 1. The summed E-state index contributed by atoms with van der Waals surface area (Å²) in [5.41, 5.74) is 0.817. The molecule has 0 spiro atoms. The molecule has 0 bridgehead atoms. The zero-order chi connectivity index (χ0) is 10.1. The third kappa shape index (κ3) is 1.60. The van der Waals surface area contributed by atoms with Crippen LogP contribution in [0.1, 0.15) is 12.7 Å². The first kappa shape index (κ1) is 9.48. The fourth-order valence-corrected chi connectivity index (χ4v) is 2.23. The third-order valence-corrected chi connectivity index (χ3v) is 3.18. The zero-order valence-electron chi connectivity index (χ0n) is 7.37. The minimum absolute atomic E-state index is 0.145. The van der Waals surface area contributed by atoms with Crippen LogP contribution in [-0.4, -0.2) is 10.2 Å². The smallest absolute Gasteiger partial charge is 0.263 e. The predicted octanol–water partition coefficient (Wildman–Crippen LogP) is 2.16. The molecule has 0 saturated carbocycles. The molecule has 0 aliphatic carbocycles. The highest BCUT2D eigenvalue weighted by atomic mass is 32.2. The maximum atomic E-state index is 11.4. The van der Waals surface area contributed by atoms with Crippen LogP contribution in [0.15, 0.2) is 27.7 Å².